The Morgan fingerprint density at radius 3 is 2.73 bits per heavy atom. The Kier molecular flexibility index (Phi) is 3.47. The molecule has 0 atom stereocenters. The first kappa shape index (κ1) is 14.7. The molecule has 1 fully saturated rings. The van der Waals surface area contributed by atoms with Crippen LogP contribution in [0, 0.1) is 0 Å². The Morgan fingerprint density at radius 1 is 1.36 bits per heavy atom. The van der Waals surface area contributed by atoms with Gasteiger partial charge in [-0.3, -0.25) is 4.79 Å². The first-order chi connectivity index (χ1) is 10.3. The largest absolute Gasteiger partial charge is 0.482 e. The molecule has 6 heteroatoms. The summed E-state index contributed by atoms with van der Waals surface area (Å²) >= 11 is 0. The lowest BCUT2D eigenvalue weighted by Crippen LogP contribution is -2.45. The molecule has 0 bridgehead atoms. The summed E-state index contributed by atoms with van der Waals surface area (Å²) in [5.74, 6) is 0.0807. The molecule has 0 radical (unpaired) electrons. The standard InChI is InChI=1S/C16H20N2O4/c1-16(2,3)22-15(20)18-12-8-11(17-10-4-5-10)6-7-13(12)21-9-14(18)19/h6-8,10,17H,4-5,9H2,1-3H3. The van der Waals surface area contributed by atoms with Crippen molar-refractivity contribution in [1.29, 1.82) is 0 Å². The van der Waals surface area contributed by atoms with Crippen molar-refractivity contribution in [3.05, 3.63) is 18.2 Å². The van der Waals surface area contributed by atoms with Gasteiger partial charge in [-0.2, -0.15) is 0 Å². The van der Waals surface area contributed by atoms with Crippen LogP contribution in [0.4, 0.5) is 16.2 Å². The topological polar surface area (TPSA) is 67.9 Å². The monoisotopic (exact) mass is 304 g/mol. The molecule has 0 saturated heterocycles. The molecule has 118 valence electrons. The molecule has 0 unspecified atom stereocenters. The van der Waals surface area contributed by atoms with E-state index in [2.05, 4.69) is 5.32 Å². The van der Waals surface area contributed by atoms with Gasteiger partial charge in [0.15, 0.2) is 6.61 Å². The molecule has 1 aromatic carbocycles. The normalized spacial score (nSPS) is 17.6. The second kappa shape index (κ2) is 5.19. The molecule has 22 heavy (non-hydrogen) atoms. The maximum atomic E-state index is 12.3. The molecule has 1 aliphatic heterocycles. The second-order valence-electron chi connectivity index (χ2n) is 6.60. The maximum Gasteiger partial charge on any atom is 0.421 e. The molecule has 0 spiro atoms. The highest BCUT2D eigenvalue weighted by Gasteiger charge is 2.34. The van der Waals surface area contributed by atoms with Gasteiger partial charge in [0.1, 0.15) is 11.4 Å². The number of nitrogens with zero attached hydrogens (tertiary/aromatic N) is 1. The molecular formula is C16H20N2O4. The van der Waals surface area contributed by atoms with Gasteiger partial charge >= 0.3 is 6.09 Å². The second-order valence-corrected chi connectivity index (χ2v) is 6.60. The molecule has 2 aliphatic rings. The SMILES string of the molecule is CC(C)(C)OC(=O)N1C(=O)COc2ccc(NC3CC3)cc21. The number of amides is 2. The molecule has 1 saturated carbocycles. The number of benzene rings is 1. The third-order valence-corrected chi connectivity index (χ3v) is 3.32. The number of anilines is 2. The van der Waals surface area contributed by atoms with Crippen LogP contribution in [0.25, 0.3) is 0 Å². The van der Waals surface area contributed by atoms with Crippen molar-refractivity contribution in [3.63, 3.8) is 0 Å². The summed E-state index contributed by atoms with van der Waals surface area (Å²) in [4.78, 5) is 25.5. The van der Waals surface area contributed by atoms with Gasteiger partial charge in [-0.1, -0.05) is 0 Å². The number of carbonyl (C=O) groups excluding carboxylic acids is 2. The molecule has 6 nitrogen and oxygen atoms in total. The van der Waals surface area contributed by atoms with Crippen LogP contribution in [0.5, 0.6) is 5.75 Å². The zero-order chi connectivity index (χ0) is 15.9. The highest BCUT2D eigenvalue weighted by molar-refractivity contribution is 6.15. The van der Waals surface area contributed by atoms with Gasteiger partial charge in [0.25, 0.3) is 5.91 Å². The number of carbonyl (C=O) groups is 2. The summed E-state index contributed by atoms with van der Waals surface area (Å²) in [5, 5.41) is 3.34. The summed E-state index contributed by atoms with van der Waals surface area (Å²) in [7, 11) is 0. The molecule has 1 aliphatic carbocycles. The fraction of sp³-hybridized carbons (Fsp3) is 0.500. The molecule has 1 N–H and O–H groups in total. The third-order valence-electron chi connectivity index (χ3n) is 3.32. The summed E-state index contributed by atoms with van der Waals surface area (Å²) < 4.78 is 10.7. The number of ether oxygens (including phenoxy) is 2. The molecule has 1 heterocycles. The van der Waals surface area contributed by atoms with Gasteiger partial charge in [-0.05, 0) is 51.8 Å². The number of nitrogens with one attached hydrogen (secondary N) is 1. The lowest BCUT2D eigenvalue weighted by atomic mass is 10.2. The van der Waals surface area contributed by atoms with E-state index in [0.717, 1.165) is 23.4 Å². The average molecular weight is 304 g/mol. The molecule has 0 aromatic heterocycles. The van der Waals surface area contributed by atoms with E-state index in [1.54, 1.807) is 32.9 Å². The van der Waals surface area contributed by atoms with Crippen LogP contribution in [-0.2, 0) is 9.53 Å². The van der Waals surface area contributed by atoms with E-state index in [1.807, 2.05) is 6.07 Å². The minimum atomic E-state index is -0.675. The van der Waals surface area contributed by atoms with Gasteiger partial charge in [0.2, 0.25) is 0 Å². The van der Waals surface area contributed by atoms with Gasteiger partial charge < -0.3 is 14.8 Å². The molecule has 3 rings (SSSR count). The van der Waals surface area contributed by atoms with E-state index < -0.39 is 17.6 Å². The van der Waals surface area contributed by atoms with Gasteiger partial charge in [0.05, 0.1) is 5.69 Å². The minimum Gasteiger partial charge on any atom is -0.482 e. The van der Waals surface area contributed by atoms with E-state index in [1.165, 1.54) is 0 Å². The van der Waals surface area contributed by atoms with Crippen molar-refractivity contribution in [1.82, 2.24) is 0 Å². The quantitative estimate of drug-likeness (QED) is 0.910. The van der Waals surface area contributed by atoms with Crippen molar-refractivity contribution in [3.8, 4) is 5.75 Å². The highest BCUT2D eigenvalue weighted by Crippen LogP contribution is 2.36. The Morgan fingerprint density at radius 2 is 2.09 bits per heavy atom. The predicted octanol–water partition coefficient (Wildman–Crippen LogP) is 2.92. The summed E-state index contributed by atoms with van der Waals surface area (Å²) in [6.45, 7) is 5.13. The van der Waals surface area contributed by atoms with Crippen molar-refractivity contribution < 1.29 is 19.1 Å². The predicted molar refractivity (Wildman–Crippen MR) is 82.3 cm³/mol. The average Bonchev–Trinajstić information content (AvgIpc) is 3.20. The van der Waals surface area contributed by atoms with Gasteiger partial charge in [0, 0.05) is 11.7 Å². The van der Waals surface area contributed by atoms with E-state index >= 15 is 0 Å². The number of hydrogen-bond acceptors (Lipinski definition) is 5. The fourth-order valence-corrected chi connectivity index (χ4v) is 2.21. The third kappa shape index (κ3) is 3.16. The highest BCUT2D eigenvalue weighted by atomic mass is 16.6. The van der Waals surface area contributed by atoms with Crippen LogP contribution in [0.2, 0.25) is 0 Å². The maximum absolute atomic E-state index is 12.3. The number of fused-ring (bicyclic) bond motifs is 1. The van der Waals surface area contributed by atoms with Gasteiger partial charge in [-0.25, -0.2) is 9.69 Å². The Bertz CT molecular complexity index is 617. The van der Waals surface area contributed by atoms with E-state index in [9.17, 15) is 9.59 Å². The zero-order valence-electron chi connectivity index (χ0n) is 13.0. The Labute approximate surface area is 129 Å². The van der Waals surface area contributed by atoms with E-state index in [0.29, 0.717) is 17.5 Å². The number of rotatable bonds is 2. The zero-order valence-corrected chi connectivity index (χ0v) is 13.0. The van der Waals surface area contributed by atoms with Crippen LogP contribution in [0.1, 0.15) is 33.6 Å². The van der Waals surface area contributed by atoms with Crippen molar-refractivity contribution in [2.75, 3.05) is 16.8 Å². The smallest absolute Gasteiger partial charge is 0.421 e. The first-order valence-electron chi connectivity index (χ1n) is 7.43. The number of hydrogen-bond donors (Lipinski definition) is 1. The molecule has 1 aromatic rings. The Balaban J connectivity index is 1.90. The molecular weight excluding hydrogens is 284 g/mol. The summed E-state index contributed by atoms with van der Waals surface area (Å²) in [5.41, 5.74) is 0.629. The van der Waals surface area contributed by atoms with Crippen molar-refractivity contribution >= 4 is 23.4 Å². The van der Waals surface area contributed by atoms with Crippen LogP contribution < -0.4 is 15.0 Å². The first-order valence-corrected chi connectivity index (χ1v) is 7.43. The van der Waals surface area contributed by atoms with Crippen LogP contribution in [0.15, 0.2) is 18.2 Å². The van der Waals surface area contributed by atoms with Crippen LogP contribution in [-0.4, -0.2) is 30.3 Å². The summed E-state index contributed by atoms with van der Waals surface area (Å²) in [6.07, 6.45) is 1.61. The van der Waals surface area contributed by atoms with Crippen LogP contribution in [0.3, 0.4) is 0 Å². The lowest BCUT2D eigenvalue weighted by Gasteiger charge is -2.30. The van der Waals surface area contributed by atoms with E-state index in [-0.39, 0.29) is 6.61 Å². The minimum absolute atomic E-state index is 0.165. The lowest BCUT2D eigenvalue weighted by molar-refractivity contribution is -0.121. The summed E-state index contributed by atoms with van der Waals surface area (Å²) in [6, 6.07) is 5.90. The van der Waals surface area contributed by atoms with Crippen molar-refractivity contribution in [2.45, 2.75) is 45.3 Å². The van der Waals surface area contributed by atoms with Crippen LogP contribution >= 0.6 is 0 Å². The number of imide groups is 1. The van der Waals surface area contributed by atoms with Crippen molar-refractivity contribution in [2.24, 2.45) is 0 Å². The van der Waals surface area contributed by atoms with Gasteiger partial charge in [-0.15, -0.1) is 0 Å². The van der Waals surface area contributed by atoms with E-state index in [4.69, 9.17) is 9.47 Å². The Hall–Kier alpha value is -2.24. The fourth-order valence-electron chi connectivity index (χ4n) is 2.21. The molecule has 2 amide bonds.